The van der Waals surface area contributed by atoms with E-state index < -0.39 is 11.2 Å². The van der Waals surface area contributed by atoms with Crippen LogP contribution in [0.1, 0.15) is 28.4 Å². The third-order valence-electron chi connectivity index (χ3n) is 4.24. The molecule has 1 aliphatic rings. The smallest absolute Gasteiger partial charge is 0.316 e. The quantitative estimate of drug-likeness (QED) is 0.817. The van der Waals surface area contributed by atoms with E-state index in [4.69, 9.17) is 16.7 Å². The van der Waals surface area contributed by atoms with E-state index in [2.05, 4.69) is 0 Å². The second kappa shape index (κ2) is 7.50. The van der Waals surface area contributed by atoms with Crippen molar-refractivity contribution in [2.75, 3.05) is 6.54 Å². The van der Waals surface area contributed by atoms with E-state index in [0.717, 1.165) is 12.0 Å². The van der Waals surface area contributed by atoms with Crippen LogP contribution in [-0.4, -0.2) is 33.7 Å². The molecular formula is C19H18ClNO3S. The molecule has 6 heteroatoms. The van der Waals surface area contributed by atoms with Crippen LogP contribution in [0.3, 0.4) is 0 Å². The Morgan fingerprint density at radius 2 is 1.96 bits per heavy atom. The van der Waals surface area contributed by atoms with Gasteiger partial charge in [-0.3, -0.25) is 9.59 Å². The zero-order chi connectivity index (χ0) is 18.0. The van der Waals surface area contributed by atoms with Gasteiger partial charge >= 0.3 is 5.97 Å². The standard InChI is InChI=1S/C19H18ClNO3S/c1-12(19(23)24)25-17-5-3-2-4-16(17)18(22)21-9-8-13-10-15(20)7-6-14(13)11-21/h2-7,10,12H,8-9,11H2,1H3,(H,23,24). The average molecular weight is 376 g/mol. The van der Waals surface area contributed by atoms with Crippen molar-refractivity contribution < 1.29 is 14.7 Å². The number of amides is 1. The number of hydrogen-bond acceptors (Lipinski definition) is 3. The van der Waals surface area contributed by atoms with E-state index in [1.54, 1.807) is 30.0 Å². The highest BCUT2D eigenvalue weighted by Gasteiger charge is 2.25. The molecule has 0 aliphatic carbocycles. The number of carbonyl (C=O) groups is 2. The molecule has 0 aromatic heterocycles. The van der Waals surface area contributed by atoms with Gasteiger partial charge in [0.05, 0.1) is 5.56 Å². The van der Waals surface area contributed by atoms with Crippen LogP contribution in [0.15, 0.2) is 47.4 Å². The molecule has 0 bridgehead atoms. The molecule has 0 radical (unpaired) electrons. The van der Waals surface area contributed by atoms with Crippen LogP contribution in [0.5, 0.6) is 0 Å². The number of aliphatic carboxylic acids is 1. The summed E-state index contributed by atoms with van der Waals surface area (Å²) in [5.74, 6) is -0.961. The van der Waals surface area contributed by atoms with Gasteiger partial charge in [-0.2, -0.15) is 0 Å². The third-order valence-corrected chi connectivity index (χ3v) is 5.64. The molecule has 2 aromatic rings. The van der Waals surface area contributed by atoms with Gasteiger partial charge in [-0.1, -0.05) is 29.8 Å². The lowest BCUT2D eigenvalue weighted by Gasteiger charge is -2.29. The first-order chi connectivity index (χ1) is 12.0. The summed E-state index contributed by atoms with van der Waals surface area (Å²) in [6, 6.07) is 12.9. The molecule has 0 saturated heterocycles. The summed E-state index contributed by atoms with van der Waals surface area (Å²) in [6.45, 7) is 2.79. The number of thioether (sulfide) groups is 1. The summed E-state index contributed by atoms with van der Waals surface area (Å²) >= 11 is 7.23. The number of carboxylic acid groups (broad SMARTS) is 1. The van der Waals surface area contributed by atoms with Gasteiger partial charge in [-0.05, 0) is 48.7 Å². The number of carbonyl (C=O) groups excluding carboxylic acids is 1. The fourth-order valence-electron chi connectivity index (χ4n) is 2.85. The van der Waals surface area contributed by atoms with Crippen LogP contribution in [0.4, 0.5) is 0 Å². The van der Waals surface area contributed by atoms with Crippen LogP contribution >= 0.6 is 23.4 Å². The van der Waals surface area contributed by atoms with Gasteiger partial charge in [0.2, 0.25) is 0 Å². The van der Waals surface area contributed by atoms with E-state index in [1.165, 1.54) is 17.3 Å². The summed E-state index contributed by atoms with van der Waals surface area (Å²) in [5, 5.41) is 9.22. The number of carboxylic acids is 1. The largest absolute Gasteiger partial charge is 0.480 e. The molecular weight excluding hydrogens is 358 g/mol. The van der Waals surface area contributed by atoms with E-state index in [1.807, 2.05) is 24.3 Å². The lowest BCUT2D eigenvalue weighted by atomic mass is 9.99. The van der Waals surface area contributed by atoms with Gasteiger partial charge in [0, 0.05) is 23.0 Å². The Morgan fingerprint density at radius 1 is 1.20 bits per heavy atom. The van der Waals surface area contributed by atoms with Crippen molar-refractivity contribution in [3.05, 3.63) is 64.2 Å². The number of rotatable bonds is 4. The Bertz CT molecular complexity index is 824. The topological polar surface area (TPSA) is 57.6 Å². The van der Waals surface area contributed by atoms with Crippen LogP contribution in [0.25, 0.3) is 0 Å². The second-order valence-corrected chi connectivity index (χ2v) is 7.80. The second-order valence-electron chi connectivity index (χ2n) is 5.98. The number of fused-ring (bicyclic) bond motifs is 1. The summed E-state index contributed by atoms with van der Waals surface area (Å²) in [7, 11) is 0. The zero-order valence-electron chi connectivity index (χ0n) is 13.7. The van der Waals surface area contributed by atoms with E-state index >= 15 is 0 Å². The number of nitrogens with zero attached hydrogens (tertiary/aromatic N) is 1. The molecule has 130 valence electrons. The highest BCUT2D eigenvalue weighted by atomic mass is 35.5. The van der Waals surface area contributed by atoms with Gasteiger partial charge in [-0.15, -0.1) is 11.8 Å². The predicted octanol–water partition coefficient (Wildman–Crippen LogP) is 4.10. The van der Waals surface area contributed by atoms with Crippen molar-refractivity contribution >= 4 is 35.2 Å². The predicted molar refractivity (Wildman–Crippen MR) is 99.3 cm³/mol. The van der Waals surface area contributed by atoms with Gasteiger partial charge < -0.3 is 10.0 Å². The first kappa shape index (κ1) is 17.8. The van der Waals surface area contributed by atoms with Crippen LogP contribution < -0.4 is 0 Å². The summed E-state index contributed by atoms with van der Waals surface area (Å²) in [4.78, 5) is 26.6. The van der Waals surface area contributed by atoms with Crippen molar-refractivity contribution in [3.63, 3.8) is 0 Å². The molecule has 1 N–H and O–H groups in total. The van der Waals surface area contributed by atoms with Gasteiger partial charge in [0.25, 0.3) is 5.91 Å². The maximum atomic E-state index is 13.0. The molecule has 1 atom stereocenters. The zero-order valence-corrected chi connectivity index (χ0v) is 15.3. The third kappa shape index (κ3) is 3.99. The molecule has 0 fully saturated rings. The molecule has 0 saturated carbocycles. The molecule has 1 aliphatic heterocycles. The molecule has 25 heavy (non-hydrogen) atoms. The monoisotopic (exact) mass is 375 g/mol. The molecule has 1 unspecified atom stereocenters. The average Bonchev–Trinajstić information content (AvgIpc) is 2.61. The van der Waals surface area contributed by atoms with Crippen molar-refractivity contribution in [2.45, 2.75) is 30.0 Å². The summed E-state index contributed by atoms with van der Waals surface area (Å²) < 4.78 is 0. The Labute approximate surface area is 155 Å². The maximum absolute atomic E-state index is 13.0. The Hall–Kier alpha value is -1.98. The fraction of sp³-hybridized carbons (Fsp3) is 0.263. The van der Waals surface area contributed by atoms with Crippen LogP contribution in [0.2, 0.25) is 5.02 Å². The van der Waals surface area contributed by atoms with E-state index in [-0.39, 0.29) is 5.91 Å². The van der Waals surface area contributed by atoms with E-state index in [0.29, 0.717) is 28.6 Å². The van der Waals surface area contributed by atoms with Gasteiger partial charge in [0.15, 0.2) is 0 Å². The normalized spacial score (nSPS) is 14.7. The molecule has 3 rings (SSSR count). The van der Waals surface area contributed by atoms with Crippen molar-refractivity contribution in [3.8, 4) is 0 Å². The molecule has 4 nitrogen and oxygen atoms in total. The number of halogens is 1. The molecule has 1 amide bonds. The Balaban J connectivity index is 1.82. The molecule has 1 heterocycles. The number of benzene rings is 2. The SMILES string of the molecule is CC(Sc1ccccc1C(=O)N1CCc2cc(Cl)ccc2C1)C(=O)O. The first-order valence-corrected chi connectivity index (χ1v) is 9.26. The minimum Gasteiger partial charge on any atom is -0.480 e. The van der Waals surface area contributed by atoms with Crippen molar-refractivity contribution in [1.29, 1.82) is 0 Å². The minimum absolute atomic E-state index is 0.0683. The number of hydrogen-bond donors (Lipinski definition) is 1. The minimum atomic E-state index is -0.893. The molecule has 0 spiro atoms. The van der Waals surface area contributed by atoms with Gasteiger partial charge in [-0.25, -0.2) is 0 Å². The Morgan fingerprint density at radius 3 is 2.72 bits per heavy atom. The maximum Gasteiger partial charge on any atom is 0.316 e. The summed E-state index contributed by atoms with van der Waals surface area (Å²) in [6.07, 6.45) is 0.766. The van der Waals surface area contributed by atoms with Crippen molar-refractivity contribution in [1.82, 2.24) is 4.90 Å². The van der Waals surface area contributed by atoms with Crippen molar-refractivity contribution in [2.24, 2.45) is 0 Å². The Kier molecular flexibility index (Phi) is 5.35. The fourth-order valence-corrected chi connectivity index (χ4v) is 3.97. The highest BCUT2D eigenvalue weighted by Crippen LogP contribution is 2.30. The lowest BCUT2D eigenvalue weighted by Crippen LogP contribution is -2.36. The van der Waals surface area contributed by atoms with Crippen LogP contribution in [0, 0.1) is 0 Å². The lowest BCUT2D eigenvalue weighted by molar-refractivity contribution is -0.136. The molecule has 2 aromatic carbocycles. The highest BCUT2D eigenvalue weighted by molar-refractivity contribution is 8.00. The van der Waals surface area contributed by atoms with E-state index in [9.17, 15) is 9.59 Å². The first-order valence-electron chi connectivity index (χ1n) is 8.01. The van der Waals surface area contributed by atoms with Crippen LogP contribution in [-0.2, 0) is 17.8 Å². The van der Waals surface area contributed by atoms with Gasteiger partial charge in [0.1, 0.15) is 5.25 Å². The summed E-state index contributed by atoms with van der Waals surface area (Å²) in [5.41, 5.74) is 2.84.